The predicted molar refractivity (Wildman–Crippen MR) is 94.8 cm³/mol. The smallest absolute Gasteiger partial charge is 0.215 e. The number of nitrogens with zero attached hydrogens (tertiary/aromatic N) is 4. The molecule has 0 spiro atoms. The summed E-state index contributed by atoms with van der Waals surface area (Å²) in [6.45, 7) is 5.48. The molecule has 0 saturated carbocycles. The van der Waals surface area contributed by atoms with Crippen molar-refractivity contribution >= 4 is 34.3 Å². The van der Waals surface area contributed by atoms with Crippen LogP contribution in [-0.2, 0) is 6.67 Å². The van der Waals surface area contributed by atoms with E-state index in [-0.39, 0.29) is 0 Å². The molecule has 3 aromatic rings. The Hall–Kier alpha value is -1.79. The zero-order chi connectivity index (χ0) is 16.0. The number of fused-ring (bicyclic) bond motifs is 3. The Bertz CT molecular complexity index is 902. The quantitative estimate of drug-likeness (QED) is 0.726. The van der Waals surface area contributed by atoms with Crippen molar-refractivity contribution in [3.05, 3.63) is 29.0 Å². The lowest BCUT2D eigenvalue weighted by atomic mass is 9.98. The summed E-state index contributed by atoms with van der Waals surface area (Å²) < 4.78 is 2.70. The van der Waals surface area contributed by atoms with Gasteiger partial charge in [0, 0.05) is 17.5 Å². The standard InChI is InChI=1S/C17H21N5S/c1-11-6-5-7-12(2)21(11)10-22-14-9-4-3-8-13(14)15-16(22)18-17(23)20-19-15/h3-4,8-9,11-12H,5-7,10H2,1-2H3,(H,18,20,23). The molecular weight excluding hydrogens is 306 g/mol. The Morgan fingerprint density at radius 1 is 1.22 bits per heavy atom. The Morgan fingerprint density at radius 3 is 2.74 bits per heavy atom. The highest BCUT2D eigenvalue weighted by Gasteiger charge is 2.26. The van der Waals surface area contributed by atoms with Crippen LogP contribution in [0.1, 0.15) is 33.1 Å². The molecule has 4 rings (SSSR count). The van der Waals surface area contributed by atoms with Crippen LogP contribution >= 0.6 is 12.2 Å². The molecule has 1 saturated heterocycles. The van der Waals surface area contributed by atoms with Gasteiger partial charge >= 0.3 is 0 Å². The molecule has 1 aromatic carbocycles. The first-order valence-corrected chi connectivity index (χ1v) is 8.65. The predicted octanol–water partition coefficient (Wildman–Crippen LogP) is 3.86. The van der Waals surface area contributed by atoms with Gasteiger partial charge in [0.2, 0.25) is 4.77 Å². The molecule has 3 heterocycles. The molecular formula is C17H21N5S. The average Bonchev–Trinajstić information content (AvgIpc) is 2.84. The number of H-pyrrole nitrogens is 1. The summed E-state index contributed by atoms with van der Waals surface area (Å²) in [5.74, 6) is 0. The summed E-state index contributed by atoms with van der Waals surface area (Å²) >= 11 is 5.20. The third-order valence-corrected chi connectivity index (χ3v) is 5.25. The highest BCUT2D eigenvalue weighted by atomic mass is 32.1. The molecule has 6 heteroatoms. The molecule has 1 fully saturated rings. The molecule has 2 aromatic heterocycles. The second-order valence-electron chi connectivity index (χ2n) is 6.54. The highest BCUT2D eigenvalue weighted by molar-refractivity contribution is 7.71. The number of aromatic nitrogens is 4. The highest BCUT2D eigenvalue weighted by Crippen LogP contribution is 2.29. The van der Waals surface area contributed by atoms with Crippen molar-refractivity contribution in [3.63, 3.8) is 0 Å². The maximum Gasteiger partial charge on any atom is 0.215 e. The van der Waals surface area contributed by atoms with Gasteiger partial charge in [-0.3, -0.25) is 10.00 Å². The molecule has 120 valence electrons. The van der Waals surface area contributed by atoms with E-state index in [1.54, 1.807) is 0 Å². The van der Waals surface area contributed by atoms with Gasteiger partial charge in [0.05, 0.1) is 12.2 Å². The van der Waals surface area contributed by atoms with E-state index in [9.17, 15) is 0 Å². The third kappa shape index (κ3) is 2.46. The summed E-state index contributed by atoms with van der Waals surface area (Å²) in [7, 11) is 0. The van der Waals surface area contributed by atoms with E-state index in [0.29, 0.717) is 16.9 Å². The number of nitrogens with one attached hydrogen (secondary N) is 1. The molecule has 1 aliphatic rings. The number of benzene rings is 1. The van der Waals surface area contributed by atoms with Crippen LogP contribution in [0.15, 0.2) is 24.3 Å². The summed E-state index contributed by atoms with van der Waals surface area (Å²) in [6, 6.07) is 9.52. The first-order chi connectivity index (χ1) is 11.1. The third-order valence-electron chi connectivity index (χ3n) is 5.07. The van der Waals surface area contributed by atoms with E-state index in [2.05, 4.69) is 56.7 Å². The van der Waals surface area contributed by atoms with Gasteiger partial charge in [0.15, 0.2) is 5.65 Å². The van der Waals surface area contributed by atoms with E-state index >= 15 is 0 Å². The van der Waals surface area contributed by atoms with Gasteiger partial charge in [-0.15, -0.1) is 0 Å². The molecule has 0 bridgehead atoms. The van der Waals surface area contributed by atoms with Crippen molar-refractivity contribution in [2.75, 3.05) is 0 Å². The molecule has 0 radical (unpaired) electrons. The zero-order valence-electron chi connectivity index (χ0n) is 13.5. The Balaban J connectivity index is 1.90. The molecule has 2 atom stereocenters. The van der Waals surface area contributed by atoms with Crippen molar-refractivity contribution in [1.82, 2.24) is 24.6 Å². The topological polar surface area (TPSA) is 49.7 Å². The zero-order valence-corrected chi connectivity index (χ0v) is 14.3. The Morgan fingerprint density at radius 2 is 1.96 bits per heavy atom. The van der Waals surface area contributed by atoms with Gasteiger partial charge in [-0.25, -0.2) is 0 Å². The fourth-order valence-electron chi connectivity index (χ4n) is 3.78. The maximum atomic E-state index is 5.20. The Kier molecular flexibility index (Phi) is 3.66. The second-order valence-corrected chi connectivity index (χ2v) is 6.93. The van der Waals surface area contributed by atoms with Crippen LogP contribution in [0.5, 0.6) is 0 Å². The van der Waals surface area contributed by atoms with Crippen LogP contribution in [0.3, 0.4) is 0 Å². The van der Waals surface area contributed by atoms with Crippen LogP contribution in [0.25, 0.3) is 22.1 Å². The van der Waals surface area contributed by atoms with E-state index in [4.69, 9.17) is 12.2 Å². The van der Waals surface area contributed by atoms with E-state index in [0.717, 1.165) is 23.2 Å². The van der Waals surface area contributed by atoms with Crippen molar-refractivity contribution < 1.29 is 0 Å². The minimum absolute atomic E-state index is 0.432. The van der Waals surface area contributed by atoms with Crippen LogP contribution in [0.2, 0.25) is 0 Å². The van der Waals surface area contributed by atoms with Gasteiger partial charge in [-0.2, -0.15) is 10.1 Å². The summed E-state index contributed by atoms with van der Waals surface area (Å²) in [5.41, 5.74) is 2.94. The van der Waals surface area contributed by atoms with Gasteiger partial charge in [0.1, 0.15) is 5.52 Å². The molecule has 23 heavy (non-hydrogen) atoms. The Labute approximate surface area is 140 Å². The van der Waals surface area contributed by atoms with E-state index in [1.807, 2.05) is 6.07 Å². The molecule has 1 N–H and O–H groups in total. The van der Waals surface area contributed by atoms with Crippen molar-refractivity contribution in [2.45, 2.75) is 51.9 Å². The largest absolute Gasteiger partial charge is 0.310 e. The van der Waals surface area contributed by atoms with Gasteiger partial charge in [-0.05, 0) is 45.0 Å². The average molecular weight is 327 g/mol. The maximum absolute atomic E-state index is 5.20. The van der Waals surface area contributed by atoms with Crippen molar-refractivity contribution in [3.8, 4) is 0 Å². The first kappa shape index (κ1) is 14.8. The normalized spacial score (nSPS) is 22.9. The number of rotatable bonds is 2. The summed E-state index contributed by atoms with van der Waals surface area (Å²) in [4.78, 5) is 7.13. The fourth-order valence-corrected chi connectivity index (χ4v) is 3.91. The summed E-state index contributed by atoms with van der Waals surface area (Å²) in [5, 5.41) is 8.38. The molecule has 0 aliphatic carbocycles. The van der Waals surface area contributed by atoms with Gasteiger partial charge in [-0.1, -0.05) is 24.6 Å². The lowest BCUT2D eigenvalue weighted by Crippen LogP contribution is -2.44. The number of hydrogen-bond donors (Lipinski definition) is 1. The van der Waals surface area contributed by atoms with Crippen LogP contribution in [0.4, 0.5) is 0 Å². The number of para-hydroxylation sites is 1. The van der Waals surface area contributed by atoms with Crippen LogP contribution < -0.4 is 0 Å². The van der Waals surface area contributed by atoms with Crippen molar-refractivity contribution in [1.29, 1.82) is 0 Å². The second kappa shape index (κ2) is 5.69. The van der Waals surface area contributed by atoms with Crippen molar-refractivity contribution in [2.24, 2.45) is 0 Å². The van der Waals surface area contributed by atoms with Crippen LogP contribution in [-0.4, -0.2) is 36.7 Å². The monoisotopic (exact) mass is 327 g/mol. The van der Waals surface area contributed by atoms with E-state index in [1.165, 1.54) is 24.8 Å². The molecule has 5 nitrogen and oxygen atoms in total. The molecule has 1 aliphatic heterocycles. The number of piperidine rings is 1. The minimum Gasteiger partial charge on any atom is -0.310 e. The minimum atomic E-state index is 0.432. The number of hydrogen-bond acceptors (Lipinski definition) is 4. The lowest BCUT2D eigenvalue weighted by Gasteiger charge is -2.39. The number of likely N-dealkylation sites (tertiary alicyclic amines) is 1. The molecule has 2 unspecified atom stereocenters. The fraction of sp³-hybridized carbons (Fsp3) is 0.471. The van der Waals surface area contributed by atoms with E-state index < -0.39 is 0 Å². The lowest BCUT2D eigenvalue weighted by molar-refractivity contribution is 0.0725. The SMILES string of the molecule is CC1CCCC(C)N1Cn1c2ccccc2c2n[nH]c(=S)nc21. The van der Waals surface area contributed by atoms with Crippen LogP contribution in [0, 0.1) is 4.77 Å². The number of aromatic amines is 1. The first-order valence-electron chi connectivity index (χ1n) is 8.24. The molecule has 0 amide bonds. The van der Waals surface area contributed by atoms with Gasteiger partial charge < -0.3 is 4.57 Å². The summed E-state index contributed by atoms with van der Waals surface area (Å²) in [6.07, 6.45) is 3.83. The van der Waals surface area contributed by atoms with Gasteiger partial charge in [0.25, 0.3) is 0 Å².